The molecule has 0 spiro atoms. The van der Waals surface area contributed by atoms with Crippen molar-refractivity contribution in [3.63, 3.8) is 0 Å². The molecule has 0 saturated carbocycles. The number of likely N-dealkylation sites (tertiary alicyclic amines) is 2. The summed E-state index contributed by atoms with van der Waals surface area (Å²) in [6.07, 6.45) is -5.32. The molecule has 2 saturated heterocycles. The summed E-state index contributed by atoms with van der Waals surface area (Å²) in [4.78, 5) is 27.8. The maximum atomic E-state index is 13.4. The molecule has 0 bridgehead atoms. The second-order valence-electron chi connectivity index (χ2n) is 8.10. The maximum absolute atomic E-state index is 13.4. The topological polar surface area (TPSA) is 79.3 Å². The van der Waals surface area contributed by atoms with Gasteiger partial charge >= 0.3 is 18.4 Å². The van der Waals surface area contributed by atoms with Crippen molar-refractivity contribution in [2.75, 3.05) is 33.3 Å². The lowest BCUT2D eigenvalue weighted by Crippen LogP contribution is -2.53. The summed E-state index contributed by atoms with van der Waals surface area (Å²) in [7, 11) is 1.17. The van der Waals surface area contributed by atoms with E-state index in [1.807, 2.05) is 0 Å². The molecule has 2 aliphatic heterocycles. The molecule has 1 N–H and O–H groups in total. The van der Waals surface area contributed by atoms with Crippen LogP contribution in [0.5, 0.6) is 0 Å². The first-order valence-corrected chi connectivity index (χ1v) is 10.2. The SMILES string of the molecule is COC(=O)OC1CC(c2ccc(C)c(C(F)(F)F)c2)CN(C(=O)N2CCC(O)CC2)C1. The molecule has 2 amide bonds. The minimum absolute atomic E-state index is 0.120. The van der Waals surface area contributed by atoms with E-state index in [0.717, 1.165) is 6.07 Å². The molecule has 31 heavy (non-hydrogen) atoms. The first-order chi connectivity index (χ1) is 14.6. The van der Waals surface area contributed by atoms with E-state index in [4.69, 9.17) is 4.74 Å². The molecule has 7 nitrogen and oxygen atoms in total. The minimum atomic E-state index is -4.49. The van der Waals surface area contributed by atoms with Gasteiger partial charge in [0.25, 0.3) is 0 Å². The Bertz CT molecular complexity index is 809. The monoisotopic (exact) mass is 444 g/mol. The first-order valence-electron chi connectivity index (χ1n) is 10.2. The van der Waals surface area contributed by atoms with Crippen LogP contribution in [0.3, 0.4) is 0 Å². The largest absolute Gasteiger partial charge is 0.508 e. The molecule has 0 aliphatic carbocycles. The van der Waals surface area contributed by atoms with Crippen molar-refractivity contribution in [2.45, 2.75) is 50.5 Å². The van der Waals surface area contributed by atoms with Gasteiger partial charge in [0.2, 0.25) is 0 Å². The van der Waals surface area contributed by atoms with Crippen molar-refractivity contribution >= 4 is 12.2 Å². The highest BCUT2D eigenvalue weighted by molar-refractivity contribution is 5.75. The van der Waals surface area contributed by atoms with Crippen LogP contribution in [-0.4, -0.2) is 72.6 Å². The fourth-order valence-corrected chi connectivity index (χ4v) is 4.18. The number of hydrogen-bond donors (Lipinski definition) is 1. The summed E-state index contributed by atoms with van der Waals surface area (Å²) in [5, 5.41) is 9.68. The zero-order chi connectivity index (χ0) is 22.8. The molecule has 2 atom stereocenters. The van der Waals surface area contributed by atoms with Gasteiger partial charge in [-0.1, -0.05) is 12.1 Å². The van der Waals surface area contributed by atoms with Gasteiger partial charge in [-0.2, -0.15) is 13.2 Å². The van der Waals surface area contributed by atoms with Gasteiger partial charge in [0, 0.05) is 25.6 Å². The van der Waals surface area contributed by atoms with E-state index in [1.54, 1.807) is 11.0 Å². The molecule has 2 heterocycles. The van der Waals surface area contributed by atoms with E-state index in [0.29, 0.717) is 31.5 Å². The highest BCUT2D eigenvalue weighted by Gasteiger charge is 2.38. The van der Waals surface area contributed by atoms with Crippen molar-refractivity contribution in [2.24, 2.45) is 0 Å². The van der Waals surface area contributed by atoms with Gasteiger partial charge in [-0.3, -0.25) is 0 Å². The number of benzene rings is 1. The van der Waals surface area contributed by atoms with Crippen LogP contribution < -0.4 is 0 Å². The van der Waals surface area contributed by atoms with Crippen LogP contribution >= 0.6 is 0 Å². The number of halogens is 3. The number of carbonyl (C=O) groups is 2. The van der Waals surface area contributed by atoms with E-state index in [1.165, 1.54) is 25.0 Å². The van der Waals surface area contributed by atoms with Crippen LogP contribution in [-0.2, 0) is 15.7 Å². The van der Waals surface area contributed by atoms with Crippen LogP contribution in [0.2, 0.25) is 0 Å². The summed E-state index contributed by atoms with van der Waals surface area (Å²) in [6.45, 7) is 2.52. The first kappa shape index (κ1) is 23.2. The Morgan fingerprint density at radius 1 is 1.13 bits per heavy atom. The van der Waals surface area contributed by atoms with Crippen LogP contribution in [0.4, 0.5) is 22.8 Å². The van der Waals surface area contributed by atoms with Gasteiger partial charge in [-0.05, 0) is 43.4 Å². The molecular weight excluding hydrogens is 417 g/mol. The molecule has 2 unspecified atom stereocenters. The number of methoxy groups -OCH3 is 1. The molecule has 172 valence electrons. The lowest BCUT2D eigenvalue weighted by molar-refractivity contribution is -0.138. The molecule has 2 aliphatic rings. The van der Waals surface area contributed by atoms with Gasteiger partial charge in [-0.25, -0.2) is 9.59 Å². The fourth-order valence-electron chi connectivity index (χ4n) is 4.18. The predicted octanol–water partition coefficient (Wildman–Crippen LogP) is 3.53. The fraction of sp³-hybridized carbons (Fsp3) is 0.619. The summed E-state index contributed by atoms with van der Waals surface area (Å²) in [6, 6.07) is 3.87. The standard InChI is InChI=1S/C21H27F3N2O5/c1-13-3-4-14(10-18(13)21(22,23)24)15-9-17(31-20(29)30-2)12-26(11-15)19(28)25-7-5-16(27)6-8-25/h3-4,10,15-17,27H,5-9,11-12H2,1-2H3. The molecule has 2 fully saturated rings. The van der Waals surface area contributed by atoms with Crippen molar-refractivity contribution in [3.05, 3.63) is 34.9 Å². The minimum Gasteiger partial charge on any atom is -0.438 e. The number of rotatable bonds is 2. The van der Waals surface area contributed by atoms with Gasteiger partial charge in [0.05, 0.1) is 25.3 Å². The quantitative estimate of drug-likeness (QED) is 0.706. The Kier molecular flexibility index (Phi) is 6.98. The number of amides is 2. The normalized spacial score (nSPS) is 22.9. The molecule has 1 aromatic carbocycles. The molecule has 0 radical (unpaired) electrons. The molecule has 1 aromatic rings. The van der Waals surface area contributed by atoms with Gasteiger partial charge in [0.1, 0.15) is 6.10 Å². The average molecular weight is 444 g/mol. The van der Waals surface area contributed by atoms with Crippen molar-refractivity contribution < 1.29 is 37.3 Å². The zero-order valence-corrected chi connectivity index (χ0v) is 17.5. The Balaban J connectivity index is 1.84. The third kappa shape index (κ3) is 5.61. The Labute approximate surface area is 178 Å². The highest BCUT2D eigenvalue weighted by atomic mass is 19.4. The van der Waals surface area contributed by atoms with E-state index >= 15 is 0 Å². The van der Waals surface area contributed by atoms with E-state index < -0.39 is 36.0 Å². The molecule has 3 rings (SSSR count). The van der Waals surface area contributed by atoms with Crippen molar-refractivity contribution in [1.82, 2.24) is 9.80 Å². The molecule has 10 heteroatoms. The Morgan fingerprint density at radius 2 is 1.81 bits per heavy atom. The van der Waals surface area contributed by atoms with E-state index in [9.17, 15) is 27.9 Å². The number of ether oxygens (including phenoxy) is 2. The zero-order valence-electron chi connectivity index (χ0n) is 17.5. The number of carbonyl (C=O) groups excluding carboxylic acids is 2. The number of hydrogen-bond acceptors (Lipinski definition) is 5. The molecule has 0 aromatic heterocycles. The average Bonchev–Trinajstić information content (AvgIpc) is 2.73. The third-order valence-corrected chi connectivity index (χ3v) is 5.89. The lowest BCUT2D eigenvalue weighted by atomic mass is 9.87. The second kappa shape index (κ2) is 9.33. The predicted molar refractivity (Wildman–Crippen MR) is 105 cm³/mol. The number of piperidine rings is 2. The van der Waals surface area contributed by atoms with Crippen LogP contribution in [0, 0.1) is 6.92 Å². The van der Waals surface area contributed by atoms with Crippen LogP contribution in [0.25, 0.3) is 0 Å². The number of urea groups is 1. The maximum Gasteiger partial charge on any atom is 0.508 e. The Morgan fingerprint density at radius 3 is 2.42 bits per heavy atom. The van der Waals surface area contributed by atoms with Crippen molar-refractivity contribution in [3.8, 4) is 0 Å². The lowest BCUT2D eigenvalue weighted by Gasteiger charge is -2.41. The smallest absolute Gasteiger partial charge is 0.438 e. The second-order valence-corrected chi connectivity index (χ2v) is 8.10. The van der Waals surface area contributed by atoms with Gasteiger partial charge in [-0.15, -0.1) is 0 Å². The summed E-state index contributed by atoms with van der Waals surface area (Å²) in [5.41, 5.74) is -0.166. The van der Waals surface area contributed by atoms with Crippen LogP contribution in [0.1, 0.15) is 41.9 Å². The molecular formula is C21H27F3N2O5. The number of aliphatic hydroxyl groups excluding tert-OH is 1. The van der Waals surface area contributed by atoms with Crippen LogP contribution in [0.15, 0.2) is 18.2 Å². The van der Waals surface area contributed by atoms with Gasteiger partial charge in [0.15, 0.2) is 0 Å². The number of aryl methyl sites for hydroxylation is 1. The Hall–Kier alpha value is -2.49. The summed E-state index contributed by atoms with van der Waals surface area (Å²) < 4.78 is 50.0. The van der Waals surface area contributed by atoms with E-state index in [-0.39, 0.29) is 31.1 Å². The third-order valence-electron chi connectivity index (χ3n) is 5.89. The number of alkyl halides is 3. The number of aliphatic hydroxyl groups is 1. The van der Waals surface area contributed by atoms with Gasteiger partial charge < -0.3 is 24.4 Å². The summed E-state index contributed by atoms with van der Waals surface area (Å²) >= 11 is 0. The van der Waals surface area contributed by atoms with Crippen molar-refractivity contribution in [1.29, 1.82) is 0 Å². The van der Waals surface area contributed by atoms with E-state index in [2.05, 4.69) is 4.74 Å². The number of nitrogens with zero attached hydrogens (tertiary/aromatic N) is 2. The summed E-state index contributed by atoms with van der Waals surface area (Å²) in [5.74, 6) is -0.440. The highest BCUT2D eigenvalue weighted by Crippen LogP contribution is 2.36.